The second kappa shape index (κ2) is 8.55. The van der Waals surface area contributed by atoms with Gasteiger partial charge in [-0.3, -0.25) is 0 Å². The van der Waals surface area contributed by atoms with Gasteiger partial charge in [0.2, 0.25) is 11.6 Å². The third-order valence-corrected chi connectivity index (χ3v) is 5.52. The quantitative estimate of drug-likeness (QED) is 0.433. The Hall–Kier alpha value is -3.92. The van der Waals surface area contributed by atoms with Gasteiger partial charge in [-0.2, -0.15) is 4.98 Å². The molecule has 4 aromatic rings. The molecule has 1 aliphatic heterocycles. The van der Waals surface area contributed by atoms with Gasteiger partial charge < -0.3 is 28.0 Å². The molecule has 0 aliphatic carbocycles. The van der Waals surface area contributed by atoms with Crippen LogP contribution in [0.5, 0.6) is 17.2 Å². The molecule has 0 saturated heterocycles. The number of halogens is 1. The Balaban J connectivity index is 1.43. The fourth-order valence-electron chi connectivity index (χ4n) is 3.83. The Labute approximate surface area is 188 Å². The number of hydrogen-bond acceptors (Lipinski definition) is 8. The topological polar surface area (TPSA) is 93.7 Å². The number of ether oxygens (including phenoxy) is 4. The number of hydrogen-bond donors (Lipinski definition) is 0. The third kappa shape index (κ3) is 3.78. The molecule has 9 nitrogen and oxygen atoms in total. The van der Waals surface area contributed by atoms with E-state index in [0.29, 0.717) is 47.5 Å². The lowest BCUT2D eigenvalue weighted by molar-refractivity contribution is 0.00326. The maximum atomic E-state index is 13.2. The highest BCUT2D eigenvalue weighted by Crippen LogP contribution is 2.41. The zero-order valence-corrected chi connectivity index (χ0v) is 18.2. The van der Waals surface area contributed by atoms with Gasteiger partial charge in [0.25, 0.3) is 5.89 Å². The van der Waals surface area contributed by atoms with Gasteiger partial charge in [-0.1, -0.05) is 17.3 Å². The average Bonchev–Trinajstić information content (AvgIpc) is 3.50. The molecule has 0 unspecified atom stereocenters. The van der Waals surface area contributed by atoms with Gasteiger partial charge in [0.05, 0.1) is 46.5 Å². The molecule has 0 fully saturated rings. The van der Waals surface area contributed by atoms with Crippen LogP contribution in [-0.2, 0) is 17.9 Å². The summed E-state index contributed by atoms with van der Waals surface area (Å²) < 4.78 is 42.9. The number of rotatable bonds is 6. The second-order valence-electron chi connectivity index (χ2n) is 7.38. The lowest BCUT2D eigenvalue weighted by Crippen LogP contribution is -2.20. The summed E-state index contributed by atoms with van der Waals surface area (Å²) in [6, 6.07) is 9.80. The molecule has 3 heterocycles. The zero-order valence-electron chi connectivity index (χ0n) is 18.2. The predicted molar refractivity (Wildman–Crippen MR) is 115 cm³/mol. The fourth-order valence-corrected chi connectivity index (χ4v) is 3.83. The summed E-state index contributed by atoms with van der Waals surface area (Å²) in [5.74, 6) is 1.79. The molecule has 0 amide bonds. The van der Waals surface area contributed by atoms with Crippen molar-refractivity contribution in [2.75, 3.05) is 21.3 Å². The molecule has 10 heteroatoms. The van der Waals surface area contributed by atoms with E-state index in [1.165, 1.54) is 19.2 Å². The summed E-state index contributed by atoms with van der Waals surface area (Å²) in [7, 11) is 4.62. The molecule has 170 valence electrons. The standard InChI is InChI=1S/C23H21FN4O5/c1-29-17-8-14(9-18(30-2)21(17)31-3)22-26-23(33-27-22)20-16-11-32-19(10-28(16)12-25-20)13-4-6-15(24)7-5-13/h4-9,12,19H,10-11H2,1-3H3/t19-/m1/s1. The van der Waals surface area contributed by atoms with Crippen molar-refractivity contribution in [3.05, 3.63) is 59.8 Å². The molecule has 0 saturated carbocycles. The van der Waals surface area contributed by atoms with Crippen LogP contribution in [0, 0.1) is 5.82 Å². The summed E-state index contributed by atoms with van der Waals surface area (Å²) in [4.78, 5) is 8.99. The number of nitrogens with zero attached hydrogens (tertiary/aromatic N) is 4. The molecule has 0 radical (unpaired) electrons. The van der Waals surface area contributed by atoms with Crippen LogP contribution in [-0.4, -0.2) is 41.0 Å². The van der Waals surface area contributed by atoms with Gasteiger partial charge in [-0.05, 0) is 29.8 Å². The molecule has 1 aliphatic rings. The Morgan fingerprint density at radius 2 is 1.76 bits per heavy atom. The molecule has 2 aromatic heterocycles. The Morgan fingerprint density at radius 1 is 1.03 bits per heavy atom. The third-order valence-electron chi connectivity index (χ3n) is 5.52. The summed E-state index contributed by atoms with van der Waals surface area (Å²) in [5.41, 5.74) is 2.92. The van der Waals surface area contributed by atoms with Gasteiger partial charge in [0, 0.05) is 5.56 Å². The van der Waals surface area contributed by atoms with Crippen LogP contribution in [0.4, 0.5) is 4.39 Å². The molecular weight excluding hydrogens is 431 g/mol. The van der Waals surface area contributed by atoms with E-state index in [1.54, 1.807) is 44.8 Å². The van der Waals surface area contributed by atoms with Crippen LogP contribution in [0.15, 0.2) is 47.2 Å². The van der Waals surface area contributed by atoms with E-state index in [0.717, 1.165) is 11.3 Å². The molecule has 1 atom stereocenters. The van der Waals surface area contributed by atoms with Crippen LogP contribution >= 0.6 is 0 Å². The van der Waals surface area contributed by atoms with Gasteiger partial charge in [0.15, 0.2) is 17.2 Å². The number of methoxy groups -OCH3 is 3. The van der Waals surface area contributed by atoms with Gasteiger partial charge in [0.1, 0.15) is 11.9 Å². The summed E-state index contributed by atoms with van der Waals surface area (Å²) in [5, 5.41) is 4.10. The van der Waals surface area contributed by atoms with Crippen LogP contribution in [0.2, 0.25) is 0 Å². The van der Waals surface area contributed by atoms with Crippen molar-refractivity contribution in [1.29, 1.82) is 0 Å². The van der Waals surface area contributed by atoms with Crippen LogP contribution < -0.4 is 14.2 Å². The first-order valence-corrected chi connectivity index (χ1v) is 10.2. The van der Waals surface area contributed by atoms with E-state index in [1.807, 2.05) is 4.57 Å². The lowest BCUT2D eigenvalue weighted by Gasteiger charge is -2.25. The zero-order chi connectivity index (χ0) is 22.9. The fraction of sp³-hybridized carbons (Fsp3) is 0.261. The van der Waals surface area contributed by atoms with Crippen LogP contribution in [0.25, 0.3) is 23.0 Å². The molecule has 0 spiro atoms. The van der Waals surface area contributed by atoms with E-state index in [9.17, 15) is 4.39 Å². The molecule has 2 aromatic carbocycles. The summed E-state index contributed by atoms with van der Waals surface area (Å²) in [6.07, 6.45) is 1.52. The van der Waals surface area contributed by atoms with E-state index >= 15 is 0 Å². The van der Waals surface area contributed by atoms with Gasteiger partial charge in [-0.15, -0.1) is 0 Å². The minimum absolute atomic E-state index is 0.197. The van der Waals surface area contributed by atoms with E-state index in [4.69, 9.17) is 23.5 Å². The molecule has 5 rings (SSSR count). The first-order valence-electron chi connectivity index (χ1n) is 10.2. The van der Waals surface area contributed by atoms with Crippen molar-refractivity contribution in [3.8, 4) is 40.2 Å². The largest absolute Gasteiger partial charge is 0.493 e. The number of benzene rings is 2. The average molecular weight is 452 g/mol. The van der Waals surface area contributed by atoms with Crippen molar-refractivity contribution in [3.63, 3.8) is 0 Å². The summed E-state index contributed by atoms with van der Waals surface area (Å²) >= 11 is 0. The van der Waals surface area contributed by atoms with Gasteiger partial charge in [-0.25, -0.2) is 9.37 Å². The molecule has 0 N–H and O–H groups in total. The highest BCUT2D eigenvalue weighted by Gasteiger charge is 2.27. The highest BCUT2D eigenvalue weighted by molar-refractivity contribution is 5.67. The minimum atomic E-state index is -0.278. The van der Waals surface area contributed by atoms with Crippen molar-refractivity contribution in [2.24, 2.45) is 0 Å². The van der Waals surface area contributed by atoms with Crippen molar-refractivity contribution in [1.82, 2.24) is 19.7 Å². The first kappa shape index (κ1) is 21.0. The SMILES string of the molecule is COc1cc(-c2noc(-c3ncn4c3CO[C@@H](c3ccc(F)cc3)C4)n2)cc(OC)c1OC. The Bertz CT molecular complexity index is 1260. The van der Waals surface area contributed by atoms with Crippen molar-refractivity contribution >= 4 is 0 Å². The van der Waals surface area contributed by atoms with E-state index in [-0.39, 0.29) is 17.8 Å². The maximum absolute atomic E-state index is 13.2. The van der Waals surface area contributed by atoms with E-state index in [2.05, 4.69) is 15.1 Å². The second-order valence-corrected chi connectivity index (χ2v) is 7.38. The monoisotopic (exact) mass is 452 g/mol. The summed E-state index contributed by atoms with van der Waals surface area (Å²) in [6.45, 7) is 0.848. The molecule has 33 heavy (non-hydrogen) atoms. The van der Waals surface area contributed by atoms with E-state index < -0.39 is 0 Å². The Kier molecular flexibility index (Phi) is 5.43. The number of aromatic nitrogens is 4. The van der Waals surface area contributed by atoms with Crippen molar-refractivity contribution in [2.45, 2.75) is 19.3 Å². The predicted octanol–water partition coefficient (Wildman–Crippen LogP) is 4.04. The Morgan fingerprint density at radius 3 is 2.42 bits per heavy atom. The van der Waals surface area contributed by atoms with Crippen LogP contribution in [0.1, 0.15) is 17.4 Å². The first-order chi connectivity index (χ1) is 16.1. The number of imidazole rings is 1. The number of fused-ring (bicyclic) bond motifs is 1. The molecular formula is C23H21FN4O5. The molecule has 0 bridgehead atoms. The minimum Gasteiger partial charge on any atom is -0.493 e. The smallest absolute Gasteiger partial charge is 0.278 e. The lowest BCUT2D eigenvalue weighted by atomic mass is 10.1. The highest BCUT2D eigenvalue weighted by atomic mass is 19.1. The van der Waals surface area contributed by atoms with Gasteiger partial charge >= 0.3 is 0 Å². The normalized spacial score (nSPS) is 15.2. The maximum Gasteiger partial charge on any atom is 0.278 e. The van der Waals surface area contributed by atoms with Crippen molar-refractivity contribution < 1.29 is 27.9 Å². The van der Waals surface area contributed by atoms with Crippen LogP contribution in [0.3, 0.4) is 0 Å².